The predicted molar refractivity (Wildman–Crippen MR) is 131 cm³/mol. The zero-order valence-corrected chi connectivity index (χ0v) is 20.0. The van der Waals surface area contributed by atoms with Crippen LogP contribution >= 0.6 is 23.2 Å². The number of amides is 2. The number of carboxylic acids is 1. The van der Waals surface area contributed by atoms with E-state index in [4.69, 9.17) is 23.2 Å². The number of aromatic amines is 1. The number of carboxylic acid groups (broad SMARTS) is 1. The van der Waals surface area contributed by atoms with Crippen LogP contribution in [0.1, 0.15) is 28.4 Å². The first kappa shape index (κ1) is 26.8. The summed E-state index contributed by atoms with van der Waals surface area (Å²) in [6.45, 7) is -0.163. The molecule has 2 atom stereocenters. The summed E-state index contributed by atoms with van der Waals surface area (Å²) in [5.74, 6) is -2.92. The van der Waals surface area contributed by atoms with E-state index in [0.717, 1.165) is 6.20 Å². The van der Waals surface area contributed by atoms with Gasteiger partial charge in [0, 0.05) is 23.3 Å². The number of aliphatic hydroxyl groups is 1. The smallest absolute Gasteiger partial charge is 0.305 e. The minimum Gasteiger partial charge on any atom is -0.506 e. The molecule has 1 aromatic heterocycles. The van der Waals surface area contributed by atoms with Crippen molar-refractivity contribution in [2.75, 3.05) is 25.0 Å². The van der Waals surface area contributed by atoms with Crippen LogP contribution in [0.2, 0.25) is 10.0 Å². The first-order valence-electron chi connectivity index (χ1n) is 10.5. The zero-order valence-electron chi connectivity index (χ0n) is 18.5. The van der Waals surface area contributed by atoms with E-state index in [2.05, 4.69) is 31.2 Å². The summed E-state index contributed by atoms with van der Waals surface area (Å²) in [6.07, 6.45) is -0.0831. The summed E-state index contributed by atoms with van der Waals surface area (Å²) in [4.78, 5) is 54.8. The Morgan fingerprint density at radius 3 is 2.64 bits per heavy atom. The van der Waals surface area contributed by atoms with Crippen LogP contribution in [-0.2, 0) is 9.59 Å². The largest absolute Gasteiger partial charge is 0.506 e. The number of benzene rings is 1. The lowest BCUT2D eigenvalue weighted by Crippen LogP contribution is -2.43. The van der Waals surface area contributed by atoms with E-state index in [1.54, 1.807) is 0 Å². The van der Waals surface area contributed by atoms with Gasteiger partial charge in [-0.3, -0.25) is 24.2 Å². The number of pyridine rings is 1. The Bertz CT molecular complexity index is 1270. The van der Waals surface area contributed by atoms with Crippen molar-refractivity contribution in [1.29, 1.82) is 0 Å². The first-order chi connectivity index (χ1) is 17.0. The monoisotopic (exact) mass is 540 g/mol. The Kier molecular flexibility index (Phi) is 8.74. The van der Waals surface area contributed by atoms with Crippen LogP contribution in [0.25, 0.3) is 0 Å². The molecule has 1 unspecified atom stereocenters. The van der Waals surface area contributed by atoms with Crippen molar-refractivity contribution in [3.05, 3.63) is 55.9 Å². The van der Waals surface area contributed by atoms with Gasteiger partial charge in [0.25, 0.3) is 11.5 Å². The lowest BCUT2D eigenvalue weighted by molar-refractivity contribution is -0.137. The van der Waals surface area contributed by atoms with Gasteiger partial charge in [0.1, 0.15) is 11.4 Å². The third kappa shape index (κ3) is 7.10. The summed E-state index contributed by atoms with van der Waals surface area (Å²) in [6, 6.07) is 2.60. The number of nitrogens with one attached hydrogen (secondary N) is 5. The van der Waals surface area contributed by atoms with Crippen molar-refractivity contribution in [1.82, 2.24) is 20.9 Å². The average molecular weight is 541 g/mol. The van der Waals surface area contributed by atoms with Crippen molar-refractivity contribution in [2.45, 2.75) is 18.6 Å². The van der Waals surface area contributed by atoms with E-state index < -0.39 is 54.2 Å². The Labute approximate surface area is 213 Å². The summed E-state index contributed by atoms with van der Waals surface area (Å²) in [5, 5.41) is 39.2. The SMILES string of the molecule is O=C(O)C[C@H](NC(=O)CNC(=O)c1c[nH]c(=O)c(NC2=NCC(O)CN2)c1)c1cc(Cl)cc(Cl)c1O. The number of anilines is 1. The van der Waals surface area contributed by atoms with E-state index in [9.17, 15) is 34.5 Å². The van der Waals surface area contributed by atoms with E-state index >= 15 is 0 Å². The molecule has 8 N–H and O–H groups in total. The number of phenols is 1. The highest BCUT2D eigenvalue weighted by atomic mass is 35.5. The Balaban J connectivity index is 1.66. The molecule has 2 amide bonds. The number of carbonyl (C=O) groups is 3. The topological polar surface area (TPSA) is 205 Å². The number of H-pyrrole nitrogens is 1. The number of hydrogen-bond acceptors (Lipinski definition) is 9. The number of nitrogens with zero attached hydrogens (tertiary/aromatic N) is 1. The van der Waals surface area contributed by atoms with Gasteiger partial charge in [0.05, 0.1) is 42.2 Å². The molecular formula is C21H22Cl2N6O7. The molecule has 15 heteroatoms. The fourth-order valence-electron chi connectivity index (χ4n) is 3.22. The Morgan fingerprint density at radius 2 is 1.97 bits per heavy atom. The second kappa shape index (κ2) is 11.7. The third-order valence-electron chi connectivity index (χ3n) is 4.94. The van der Waals surface area contributed by atoms with Crippen LogP contribution < -0.4 is 26.8 Å². The third-order valence-corrected chi connectivity index (χ3v) is 5.45. The highest BCUT2D eigenvalue weighted by Gasteiger charge is 2.23. The number of guanidine groups is 1. The molecule has 0 saturated carbocycles. The first-order valence-corrected chi connectivity index (χ1v) is 11.2. The average Bonchev–Trinajstić information content (AvgIpc) is 2.82. The van der Waals surface area contributed by atoms with Crippen molar-refractivity contribution in [3.63, 3.8) is 0 Å². The van der Waals surface area contributed by atoms with E-state index in [-0.39, 0.29) is 45.9 Å². The maximum Gasteiger partial charge on any atom is 0.305 e. The van der Waals surface area contributed by atoms with Crippen molar-refractivity contribution in [3.8, 4) is 5.75 Å². The standard InChI is InChI=1S/C21H22Cl2N6O7/c22-10-2-12(18(34)13(23)3-10)14(4-17(32)33)28-16(31)8-25-19(35)9-1-15(20(36)24-5-9)29-21-26-6-11(30)7-27-21/h1-3,5,11,14,30,34H,4,6-8H2,(H,24,36)(H,25,35)(H,28,31)(H,32,33)(H2,26,27,29)/t14-/m0/s1. The molecule has 1 aromatic carbocycles. The second-order valence-electron chi connectivity index (χ2n) is 7.71. The molecule has 1 aliphatic heterocycles. The molecule has 2 heterocycles. The molecule has 0 saturated heterocycles. The normalized spacial score (nSPS) is 15.8. The number of hydrogen-bond donors (Lipinski definition) is 8. The van der Waals surface area contributed by atoms with Gasteiger partial charge in [-0.05, 0) is 18.2 Å². The highest BCUT2D eigenvalue weighted by Crippen LogP contribution is 2.36. The van der Waals surface area contributed by atoms with E-state index in [0.29, 0.717) is 0 Å². The summed E-state index contributed by atoms with van der Waals surface area (Å²) in [5.41, 5.74) is -0.513. The number of aliphatic hydroxyl groups excluding tert-OH is 1. The maximum absolute atomic E-state index is 12.5. The number of rotatable bonds is 8. The van der Waals surface area contributed by atoms with Crippen LogP contribution in [0, 0.1) is 0 Å². The number of carbonyl (C=O) groups excluding carboxylic acids is 2. The molecule has 13 nitrogen and oxygen atoms in total. The number of aromatic hydroxyl groups is 1. The molecule has 192 valence electrons. The van der Waals surface area contributed by atoms with Gasteiger partial charge < -0.3 is 41.6 Å². The van der Waals surface area contributed by atoms with Gasteiger partial charge >= 0.3 is 5.97 Å². The fraction of sp³-hybridized carbons (Fsp3) is 0.286. The maximum atomic E-state index is 12.5. The summed E-state index contributed by atoms with van der Waals surface area (Å²) in [7, 11) is 0. The number of phenolic OH excluding ortho intramolecular Hbond substituents is 1. The molecule has 0 bridgehead atoms. The lowest BCUT2D eigenvalue weighted by atomic mass is 10.0. The van der Waals surface area contributed by atoms with Gasteiger partial charge in [-0.25, -0.2) is 0 Å². The molecule has 0 fully saturated rings. The van der Waals surface area contributed by atoms with Crippen molar-refractivity contribution < 1.29 is 29.7 Å². The zero-order chi connectivity index (χ0) is 26.4. The Morgan fingerprint density at radius 1 is 1.22 bits per heavy atom. The van der Waals surface area contributed by atoms with Crippen molar-refractivity contribution >= 4 is 52.6 Å². The minimum atomic E-state index is -1.26. The molecular weight excluding hydrogens is 519 g/mol. The van der Waals surface area contributed by atoms with Crippen molar-refractivity contribution in [2.24, 2.45) is 4.99 Å². The van der Waals surface area contributed by atoms with Crippen LogP contribution in [0.15, 0.2) is 34.2 Å². The summed E-state index contributed by atoms with van der Waals surface area (Å²) >= 11 is 11.8. The highest BCUT2D eigenvalue weighted by molar-refractivity contribution is 6.35. The van der Waals surface area contributed by atoms with Gasteiger partial charge in [0.2, 0.25) is 5.91 Å². The summed E-state index contributed by atoms with van der Waals surface area (Å²) < 4.78 is 0. The molecule has 0 aliphatic carbocycles. The van der Waals surface area contributed by atoms with Gasteiger partial charge in [-0.1, -0.05) is 23.2 Å². The van der Waals surface area contributed by atoms with Crippen LogP contribution in [0.4, 0.5) is 5.69 Å². The van der Waals surface area contributed by atoms with Gasteiger partial charge in [-0.2, -0.15) is 0 Å². The lowest BCUT2D eigenvalue weighted by Gasteiger charge is -2.20. The van der Waals surface area contributed by atoms with Crippen LogP contribution in [0.5, 0.6) is 5.75 Å². The number of β-amino-alcohol motifs (C(OH)–C–C–N with tert-alkyl or cyclic N) is 1. The van der Waals surface area contributed by atoms with Crippen LogP contribution in [0.3, 0.4) is 0 Å². The predicted octanol–water partition coefficient (Wildman–Crippen LogP) is 0.181. The molecule has 0 spiro atoms. The number of aliphatic carboxylic acids is 1. The number of halogens is 2. The molecule has 1 aliphatic rings. The molecule has 0 radical (unpaired) electrons. The molecule has 2 aromatic rings. The molecule has 3 rings (SSSR count). The minimum absolute atomic E-state index is 0.00215. The fourth-order valence-corrected chi connectivity index (χ4v) is 3.73. The Hall–Kier alpha value is -3.81. The van der Waals surface area contributed by atoms with E-state index in [1.807, 2.05) is 0 Å². The quantitative estimate of drug-likeness (QED) is 0.229. The van der Waals surface area contributed by atoms with Crippen LogP contribution in [-0.4, -0.2) is 69.8 Å². The number of aromatic nitrogens is 1. The molecule has 36 heavy (non-hydrogen) atoms. The second-order valence-corrected chi connectivity index (χ2v) is 8.55. The van der Waals surface area contributed by atoms with E-state index in [1.165, 1.54) is 18.2 Å². The van der Waals surface area contributed by atoms with Gasteiger partial charge in [-0.15, -0.1) is 0 Å². The van der Waals surface area contributed by atoms with Gasteiger partial charge in [0.15, 0.2) is 5.96 Å². The number of aliphatic imine (C=N–C) groups is 1.